The van der Waals surface area contributed by atoms with E-state index in [2.05, 4.69) is 27.8 Å². The molecule has 0 radical (unpaired) electrons. The van der Waals surface area contributed by atoms with Crippen molar-refractivity contribution in [1.29, 1.82) is 0 Å². The maximum Gasteiger partial charge on any atom is 0.248 e. The molecular weight excluding hydrogens is 312 g/mol. The van der Waals surface area contributed by atoms with Gasteiger partial charge in [0, 0.05) is 30.3 Å². The Morgan fingerprint density at radius 3 is 2.68 bits per heavy atom. The van der Waals surface area contributed by atoms with Gasteiger partial charge in [0.05, 0.1) is 0 Å². The molecule has 1 nitrogen and oxygen atoms in total. The zero-order valence-corrected chi connectivity index (χ0v) is 13.5. The quantitative estimate of drug-likeness (QED) is 0.663. The van der Waals surface area contributed by atoms with Crippen LogP contribution in [0.2, 0.25) is 0 Å². The van der Waals surface area contributed by atoms with Gasteiger partial charge in [-0.3, -0.25) is 0 Å². The summed E-state index contributed by atoms with van der Waals surface area (Å²) in [6, 6.07) is 0.589. The Bertz CT molecular complexity index is 283. The van der Waals surface area contributed by atoms with Crippen LogP contribution in [0.3, 0.4) is 0 Å². The van der Waals surface area contributed by atoms with E-state index in [-0.39, 0.29) is 18.8 Å². The fraction of sp³-hybridized carbons (Fsp3) is 1.00. The van der Waals surface area contributed by atoms with E-state index in [0.717, 1.165) is 19.5 Å². The lowest BCUT2D eigenvalue weighted by Crippen LogP contribution is -2.39. The standard InChI is InChI=1S/C15H26BrF2N/c1-12(16)9-14-5-3-2-4-8-19(14)11-13-6-7-15(17,18)10-13/h12-14H,2-11H2,1H3. The van der Waals surface area contributed by atoms with Crippen LogP contribution in [-0.2, 0) is 0 Å². The molecule has 2 rings (SSSR count). The van der Waals surface area contributed by atoms with E-state index in [0.29, 0.717) is 17.3 Å². The van der Waals surface area contributed by atoms with Gasteiger partial charge in [-0.2, -0.15) is 0 Å². The maximum absolute atomic E-state index is 13.3. The lowest BCUT2D eigenvalue weighted by molar-refractivity contribution is 0.00259. The molecule has 0 N–H and O–H groups in total. The van der Waals surface area contributed by atoms with Crippen LogP contribution in [-0.4, -0.2) is 34.8 Å². The summed E-state index contributed by atoms with van der Waals surface area (Å²) in [5.74, 6) is -2.18. The van der Waals surface area contributed by atoms with Crippen LogP contribution >= 0.6 is 15.9 Å². The van der Waals surface area contributed by atoms with E-state index < -0.39 is 5.92 Å². The summed E-state index contributed by atoms with van der Waals surface area (Å²) < 4.78 is 26.6. The second-order valence-corrected chi connectivity index (χ2v) is 8.04. The highest BCUT2D eigenvalue weighted by Crippen LogP contribution is 2.39. The lowest BCUT2D eigenvalue weighted by atomic mass is 10.0. The van der Waals surface area contributed by atoms with Gasteiger partial charge in [0.1, 0.15) is 0 Å². The minimum absolute atomic E-state index is 0.102. The molecule has 112 valence electrons. The Hall–Kier alpha value is 0.300. The summed E-state index contributed by atoms with van der Waals surface area (Å²) in [5.41, 5.74) is 0. The van der Waals surface area contributed by atoms with Crippen molar-refractivity contribution in [3.05, 3.63) is 0 Å². The largest absolute Gasteiger partial charge is 0.300 e. The molecular formula is C15H26BrF2N. The molecule has 3 unspecified atom stereocenters. The predicted octanol–water partition coefficient (Wildman–Crippen LogP) is 4.84. The van der Waals surface area contributed by atoms with Crippen molar-refractivity contribution < 1.29 is 8.78 Å². The molecule has 2 fully saturated rings. The molecule has 1 aliphatic heterocycles. The van der Waals surface area contributed by atoms with Gasteiger partial charge in [0.2, 0.25) is 5.92 Å². The molecule has 0 aromatic carbocycles. The molecule has 4 heteroatoms. The van der Waals surface area contributed by atoms with Crippen molar-refractivity contribution in [1.82, 2.24) is 4.90 Å². The van der Waals surface area contributed by atoms with Gasteiger partial charge in [-0.15, -0.1) is 0 Å². The summed E-state index contributed by atoms with van der Waals surface area (Å²) in [5, 5.41) is 0. The third-order valence-electron chi connectivity index (χ3n) is 4.59. The molecule has 0 bridgehead atoms. The van der Waals surface area contributed by atoms with Crippen LogP contribution < -0.4 is 0 Å². The van der Waals surface area contributed by atoms with Crippen molar-refractivity contribution in [3.8, 4) is 0 Å². The SMILES string of the molecule is CC(Br)CC1CCCCCN1CC1CCC(F)(F)C1. The minimum atomic E-state index is -2.39. The summed E-state index contributed by atoms with van der Waals surface area (Å²) in [6.07, 6.45) is 7.12. The van der Waals surface area contributed by atoms with Gasteiger partial charge >= 0.3 is 0 Å². The van der Waals surface area contributed by atoms with Gasteiger partial charge in [-0.05, 0) is 38.1 Å². The first kappa shape index (κ1) is 15.7. The van der Waals surface area contributed by atoms with Crippen LogP contribution in [0.25, 0.3) is 0 Å². The average molecular weight is 338 g/mol. The number of halogens is 3. The molecule has 2 aliphatic rings. The molecule has 0 spiro atoms. The molecule has 0 aromatic heterocycles. The molecule has 19 heavy (non-hydrogen) atoms. The zero-order valence-electron chi connectivity index (χ0n) is 11.9. The second-order valence-electron chi connectivity index (χ2n) is 6.48. The van der Waals surface area contributed by atoms with Crippen molar-refractivity contribution in [2.75, 3.05) is 13.1 Å². The highest BCUT2D eigenvalue weighted by Gasteiger charge is 2.40. The maximum atomic E-state index is 13.3. The van der Waals surface area contributed by atoms with Crippen LogP contribution in [0.4, 0.5) is 8.78 Å². The lowest BCUT2D eigenvalue weighted by Gasteiger charge is -2.33. The van der Waals surface area contributed by atoms with Gasteiger partial charge in [0.15, 0.2) is 0 Å². The topological polar surface area (TPSA) is 3.24 Å². The molecule has 0 amide bonds. The summed E-state index contributed by atoms with van der Waals surface area (Å²) in [7, 11) is 0. The van der Waals surface area contributed by atoms with E-state index in [1.54, 1.807) is 0 Å². The first-order chi connectivity index (χ1) is 8.96. The van der Waals surface area contributed by atoms with E-state index in [4.69, 9.17) is 0 Å². The smallest absolute Gasteiger partial charge is 0.248 e. The number of hydrogen-bond acceptors (Lipinski definition) is 1. The molecule has 0 aromatic rings. The fourth-order valence-electron chi connectivity index (χ4n) is 3.65. The van der Waals surface area contributed by atoms with Crippen LogP contribution in [0.5, 0.6) is 0 Å². The number of alkyl halides is 3. The monoisotopic (exact) mass is 337 g/mol. The molecule has 1 saturated heterocycles. The van der Waals surface area contributed by atoms with Crippen LogP contribution in [0, 0.1) is 5.92 Å². The number of rotatable bonds is 4. The Morgan fingerprint density at radius 1 is 1.26 bits per heavy atom. The van der Waals surface area contributed by atoms with Gasteiger partial charge in [0.25, 0.3) is 0 Å². The first-order valence-corrected chi connectivity index (χ1v) is 8.64. The fourth-order valence-corrected chi connectivity index (χ4v) is 4.08. The van der Waals surface area contributed by atoms with E-state index in [1.165, 1.54) is 25.7 Å². The van der Waals surface area contributed by atoms with Crippen LogP contribution in [0.1, 0.15) is 58.3 Å². The Balaban J connectivity index is 1.90. The van der Waals surface area contributed by atoms with Crippen LogP contribution in [0.15, 0.2) is 0 Å². The van der Waals surface area contributed by atoms with Gasteiger partial charge in [-0.1, -0.05) is 35.7 Å². The third-order valence-corrected chi connectivity index (χ3v) is 4.97. The van der Waals surface area contributed by atoms with Crippen molar-refractivity contribution in [3.63, 3.8) is 0 Å². The first-order valence-electron chi connectivity index (χ1n) is 7.72. The van der Waals surface area contributed by atoms with Crippen molar-refractivity contribution in [2.24, 2.45) is 5.92 Å². The van der Waals surface area contributed by atoms with Crippen molar-refractivity contribution >= 4 is 15.9 Å². The van der Waals surface area contributed by atoms with Crippen molar-refractivity contribution in [2.45, 2.75) is 75.1 Å². The number of hydrogen-bond donors (Lipinski definition) is 0. The highest BCUT2D eigenvalue weighted by molar-refractivity contribution is 9.09. The predicted molar refractivity (Wildman–Crippen MR) is 79.1 cm³/mol. The molecule has 1 saturated carbocycles. The number of nitrogens with zero attached hydrogens (tertiary/aromatic N) is 1. The normalized spacial score (nSPS) is 34.1. The number of likely N-dealkylation sites (tertiary alicyclic amines) is 1. The Labute approximate surface area is 124 Å². The molecule has 3 atom stereocenters. The third kappa shape index (κ3) is 4.96. The van der Waals surface area contributed by atoms with Gasteiger partial charge < -0.3 is 4.90 Å². The Morgan fingerprint density at radius 2 is 2.05 bits per heavy atom. The Kier molecular flexibility index (Phi) is 5.65. The van der Waals surface area contributed by atoms with E-state index in [9.17, 15) is 8.78 Å². The highest BCUT2D eigenvalue weighted by atomic mass is 79.9. The average Bonchev–Trinajstić information content (AvgIpc) is 2.51. The molecule has 1 aliphatic carbocycles. The summed E-state index contributed by atoms with van der Waals surface area (Å²) >= 11 is 3.65. The second kappa shape index (κ2) is 6.84. The minimum Gasteiger partial charge on any atom is -0.300 e. The summed E-state index contributed by atoms with van der Waals surface area (Å²) in [4.78, 5) is 3.03. The summed E-state index contributed by atoms with van der Waals surface area (Å²) in [6.45, 7) is 4.18. The van der Waals surface area contributed by atoms with Gasteiger partial charge in [-0.25, -0.2) is 8.78 Å². The van der Waals surface area contributed by atoms with E-state index >= 15 is 0 Å². The molecule has 1 heterocycles. The van der Waals surface area contributed by atoms with E-state index in [1.807, 2.05) is 0 Å². The zero-order chi connectivity index (χ0) is 13.9.